The minimum Gasteiger partial charge on any atom is -0.399 e. The third kappa shape index (κ3) is 3.68. The number of nitriles is 3. The predicted octanol–water partition coefficient (Wildman–Crippen LogP) is 4.17. The summed E-state index contributed by atoms with van der Waals surface area (Å²) in [6.07, 6.45) is 1.87. The number of nitrogens with zero attached hydrogens (tertiary/aromatic N) is 5. The molecule has 0 radical (unpaired) electrons. The molecule has 2 N–H and O–H groups in total. The lowest BCUT2D eigenvalue weighted by Crippen LogP contribution is -2.48. The molecule has 168 valence electrons. The van der Waals surface area contributed by atoms with Crippen molar-refractivity contribution in [1.29, 1.82) is 15.8 Å². The standard InChI is InChI=1S/C25H19ClN6O2/c26-17-6-7-19(22(10-17)32(33)34)23-21-13-31(12-16-4-2-1-3-5-16)9-8-18(21)20(11-27)24(30)25(23,14-28)15-29/h1-8,10,21,23H,9,12-13,30H2. The average molecular weight is 471 g/mol. The number of nitrogens with two attached hydrogens (primary N) is 1. The van der Waals surface area contributed by atoms with Crippen LogP contribution in [0.25, 0.3) is 0 Å². The second kappa shape index (κ2) is 9.00. The van der Waals surface area contributed by atoms with Crippen LogP contribution in [0.1, 0.15) is 17.0 Å². The average Bonchev–Trinajstić information content (AvgIpc) is 2.84. The first kappa shape index (κ1) is 23.0. The molecule has 1 aliphatic carbocycles. The summed E-state index contributed by atoms with van der Waals surface area (Å²) in [4.78, 5) is 13.5. The van der Waals surface area contributed by atoms with E-state index in [4.69, 9.17) is 17.3 Å². The molecule has 2 aliphatic rings. The number of rotatable bonds is 4. The van der Waals surface area contributed by atoms with Gasteiger partial charge in [0.05, 0.1) is 28.3 Å². The third-order valence-electron chi connectivity index (χ3n) is 6.51. The quantitative estimate of drug-likeness (QED) is 0.521. The number of benzene rings is 2. The van der Waals surface area contributed by atoms with Crippen LogP contribution < -0.4 is 5.73 Å². The number of hydrogen-bond donors (Lipinski definition) is 1. The Morgan fingerprint density at radius 3 is 2.50 bits per heavy atom. The number of halogens is 1. The van der Waals surface area contributed by atoms with Crippen LogP contribution in [0.2, 0.25) is 5.02 Å². The largest absolute Gasteiger partial charge is 0.399 e. The number of allylic oxidation sites excluding steroid dienone is 2. The van der Waals surface area contributed by atoms with Crippen LogP contribution in [-0.4, -0.2) is 22.9 Å². The van der Waals surface area contributed by atoms with E-state index in [0.717, 1.165) is 5.56 Å². The molecule has 0 fully saturated rings. The first-order valence-electron chi connectivity index (χ1n) is 10.5. The van der Waals surface area contributed by atoms with Crippen LogP contribution in [0.3, 0.4) is 0 Å². The molecule has 0 bridgehead atoms. The van der Waals surface area contributed by atoms with Crippen molar-refractivity contribution in [2.45, 2.75) is 12.5 Å². The molecular weight excluding hydrogens is 452 g/mol. The van der Waals surface area contributed by atoms with E-state index in [-0.39, 0.29) is 27.5 Å². The summed E-state index contributed by atoms with van der Waals surface area (Å²) in [5, 5.41) is 42.4. The Kier molecular flexibility index (Phi) is 6.09. The van der Waals surface area contributed by atoms with Crippen LogP contribution >= 0.6 is 11.6 Å². The highest BCUT2D eigenvalue weighted by Crippen LogP contribution is 2.55. The molecule has 34 heavy (non-hydrogen) atoms. The van der Waals surface area contributed by atoms with Crippen LogP contribution in [0.4, 0.5) is 5.69 Å². The summed E-state index contributed by atoms with van der Waals surface area (Å²) < 4.78 is 0. The zero-order valence-electron chi connectivity index (χ0n) is 18.0. The highest BCUT2D eigenvalue weighted by Gasteiger charge is 2.56. The summed E-state index contributed by atoms with van der Waals surface area (Å²) in [6.45, 7) is 1.51. The maximum atomic E-state index is 11.9. The van der Waals surface area contributed by atoms with Gasteiger partial charge in [0.2, 0.25) is 0 Å². The van der Waals surface area contributed by atoms with Crippen molar-refractivity contribution in [2.24, 2.45) is 17.1 Å². The second-order valence-corrected chi connectivity index (χ2v) is 8.75. The van der Waals surface area contributed by atoms with E-state index in [2.05, 4.69) is 11.0 Å². The van der Waals surface area contributed by atoms with Gasteiger partial charge in [0, 0.05) is 48.1 Å². The van der Waals surface area contributed by atoms with Gasteiger partial charge in [0.15, 0.2) is 5.41 Å². The van der Waals surface area contributed by atoms with E-state index in [1.54, 1.807) is 0 Å². The Morgan fingerprint density at radius 1 is 1.18 bits per heavy atom. The molecule has 1 aliphatic heterocycles. The van der Waals surface area contributed by atoms with Crippen molar-refractivity contribution >= 4 is 17.3 Å². The number of nitro groups is 1. The highest BCUT2D eigenvalue weighted by atomic mass is 35.5. The molecule has 0 saturated carbocycles. The van der Waals surface area contributed by atoms with E-state index < -0.39 is 22.2 Å². The number of fused-ring (bicyclic) bond motifs is 1. The molecule has 2 unspecified atom stereocenters. The van der Waals surface area contributed by atoms with Crippen molar-refractivity contribution in [2.75, 3.05) is 13.1 Å². The van der Waals surface area contributed by atoms with Gasteiger partial charge in [-0.25, -0.2) is 0 Å². The zero-order chi connectivity index (χ0) is 24.5. The Hall–Kier alpha value is -4.16. The molecule has 1 heterocycles. The Labute approximate surface area is 201 Å². The highest BCUT2D eigenvalue weighted by molar-refractivity contribution is 6.30. The first-order chi connectivity index (χ1) is 16.4. The molecule has 2 aromatic carbocycles. The van der Waals surface area contributed by atoms with Crippen LogP contribution in [-0.2, 0) is 6.54 Å². The fourth-order valence-electron chi connectivity index (χ4n) is 4.99. The summed E-state index contributed by atoms with van der Waals surface area (Å²) in [5.74, 6) is -1.51. The van der Waals surface area contributed by atoms with Gasteiger partial charge in [-0.05, 0) is 17.2 Å². The van der Waals surface area contributed by atoms with Crippen molar-refractivity contribution in [3.05, 3.63) is 97.7 Å². The maximum Gasteiger partial charge on any atom is 0.274 e. The minimum absolute atomic E-state index is 0.0975. The van der Waals surface area contributed by atoms with Gasteiger partial charge in [0.25, 0.3) is 5.69 Å². The van der Waals surface area contributed by atoms with E-state index in [1.165, 1.54) is 18.2 Å². The fraction of sp³-hybridized carbons (Fsp3) is 0.240. The smallest absolute Gasteiger partial charge is 0.274 e. The Balaban J connectivity index is 1.92. The molecule has 4 rings (SSSR count). The fourth-order valence-corrected chi connectivity index (χ4v) is 5.16. The summed E-state index contributed by atoms with van der Waals surface area (Å²) in [5.41, 5.74) is 5.85. The van der Waals surface area contributed by atoms with Crippen molar-refractivity contribution in [1.82, 2.24) is 4.90 Å². The molecule has 8 nitrogen and oxygen atoms in total. The van der Waals surface area contributed by atoms with Gasteiger partial charge in [-0.3, -0.25) is 15.0 Å². The molecular formula is C25H19ClN6O2. The SMILES string of the molecule is N#CC1=C(N)C(C#N)(C#N)C(c2ccc(Cl)cc2[N+](=O)[O-])C2CN(Cc3ccccc3)CC=C12. The zero-order valence-corrected chi connectivity index (χ0v) is 18.7. The van der Waals surface area contributed by atoms with Crippen molar-refractivity contribution < 1.29 is 4.92 Å². The van der Waals surface area contributed by atoms with Crippen molar-refractivity contribution in [3.63, 3.8) is 0 Å². The Bertz CT molecular complexity index is 1330. The van der Waals surface area contributed by atoms with Gasteiger partial charge < -0.3 is 5.73 Å². The topological polar surface area (TPSA) is 144 Å². The second-order valence-electron chi connectivity index (χ2n) is 8.32. The molecule has 0 spiro atoms. The first-order valence-corrected chi connectivity index (χ1v) is 10.9. The Morgan fingerprint density at radius 2 is 1.88 bits per heavy atom. The minimum atomic E-state index is -1.96. The van der Waals surface area contributed by atoms with E-state index in [0.29, 0.717) is 25.2 Å². The van der Waals surface area contributed by atoms with E-state index >= 15 is 0 Å². The monoisotopic (exact) mass is 470 g/mol. The lowest BCUT2D eigenvalue weighted by atomic mass is 9.58. The lowest BCUT2D eigenvalue weighted by molar-refractivity contribution is -0.385. The third-order valence-corrected chi connectivity index (χ3v) is 6.75. The van der Waals surface area contributed by atoms with Crippen LogP contribution in [0.5, 0.6) is 0 Å². The summed E-state index contributed by atoms with van der Waals surface area (Å²) in [6, 6.07) is 20.1. The maximum absolute atomic E-state index is 11.9. The molecule has 0 aromatic heterocycles. The van der Waals surface area contributed by atoms with Gasteiger partial charge in [-0.2, -0.15) is 15.8 Å². The molecule has 2 atom stereocenters. The summed E-state index contributed by atoms with van der Waals surface area (Å²) in [7, 11) is 0. The lowest BCUT2D eigenvalue weighted by Gasteiger charge is -2.45. The van der Waals surface area contributed by atoms with E-state index in [1.807, 2.05) is 48.5 Å². The predicted molar refractivity (Wildman–Crippen MR) is 125 cm³/mol. The summed E-state index contributed by atoms with van der Waals surface area (Å²) >= 11 is 6.03. The van der Waals surface area contributed by atoms with Gasteiger partial charge in [-0.1, -0.05) is 54.1 Å². The van der Waals surface area contributed by atoms with Gasteiger partial charge in [-0.15, -0.1) is 0 Å². The van der Waals surface area contributed by atoms with Gasteiger partial charge in [0.1, 0.15) is 6.07 Å². The van der Waals surface area contributed by atoms with E-state index in [9.17, 15) is 25.9 Å². The normalized spacial score (nSPS) is 21.4. The van der Waals surface area contributed by atoms with Crippen LogP contribution in [0, 0.1) is 55.4 Å². The molecule has 9 heteroatoms. The molecule has 0 saturated heterocycles. The number of nitro benzene ring substituents is 1. The van der Waals surface area contributed by atoms with Gasteiger partial charge >= 0.3 is 0 Å². The van der Waals surface area contributed by atoms with Crippen molar-refractivity contribution in [3.8, 4) is 18.2 Å². The molecule has 2 aromatic rings. The molecule has 0 amide bonds. The van der Waals surface area contributed by atoms with Crippen LogP contribution in [0.15, 0.2) is 71.5 Å². The number of hydrogen-bond acceptors (Lipinski definition) is 7.